The summed E-state index contributed by atoms with van der Waals surface area (Å²) in [7, 11) is 0. The van der Waals surface area contributed by atoms with Crippen LogP contribution in [0.25, 0.3) is 71.6 Å². The maximum Gasteiger partial charge on any atom is 0.264 e. The predicted octanol–water partition coefficient (Wildman–Crippen LogP) is 10.0. The van der Waals surface area contributed by atoms with E-state index < -0.39 is 0 Å². The molecule has 0 aliphatic rings. The fraction of sp³-hybridized carbons (Fsp3) is 0.0476. The summed E-state index contributed by atoms with van der Waals surface area (Å²) < 4.78 is 1.82. The van der Waals surface area contributed by atoms with Gasteiger partial charge < -0.3 is 0 Å². The van der Waals surface area contributed by atoms with E-state index in [-0.39, 0.29) is 5.56 Å². The molecule has 0 saturated heterocycles. The van der Waals surface area contributed by atoms with Gasteiger partial charge in [0.1, 0.15) is 5.65 Å². The molecule has 0 fully saturated rings. The van der Waals surface area contributed by atoms with Gasteiger partial charge in [0, 0.05) is 21.7 Å². The molecule has 3 heteroatoms. The Morgan fingerprint density at radius 2 is 1.22 bits per heavy atom. The largest absolute Gasteiger partial charge is 0.268 e. The molecule has 0 spiro atoms. The summed E-state index contributed by atoms with van der Waals surface area (Å²) >= 11 is 0. The molecule has 8 rings (SSSR count). The van der Waals surface area contributed by atoms with Crippen LogP contribution in [-0.4, -0.2) is 9.38 Å². The number of benzene rings is 6. The van der Waals surface area contributed by atoms with Crippen molar-refractivity contribution in [2.24, 2.45) is 0 Å². The van der Waals surface area contributed by atoms with Crippen LogP contribution < -0.4 is 5.56 Å². The van der Waals surface area contributed by atoms with Gasteiger partial charge in [0.05, 0.1) is 11.0 Å². The molecule has 0 radical (unpaired) electrons. The first-order chi connectivity index (χ1) is 22.1. The van der Waals surface area contributed by atoms with Gasteiger partial charge in [-0.3, -0.25) is 9.20 Å². The van der Waals surface area contributed by atoms with E-state index in [0.717, 1.165) is 73.4 Å². The van der Waals surface area contributed by atoms with Crippen LogP contribution in [0.1, 0.15) is 11.1 Å². The number of imidazole rings is 1. The number of pyridine rings is 1. The predicted molar refractivity (Wildman–Crippen MR) is 189 cm³/mol. The molecule has 6 aromatic carbocycles. The Morgan fingerprint density at radius 3 is 1.91 bits per heavy atom. The highest BCUT2D eigenvalue weighted by molar-refractivity contribution is 6.19. The molecule has 0 bridgehead atoms. The zero-order valence-corrected chi connectivity index (χ0v) is 24.8. The van der Waals surface area contributed by atoms with Crippen LogP contribution in [0, 0.1) is 0 Å². The Morgan fingerprint density at radius 1 is 0.578 bits per heavy atom. The SMILES string of the molecule is C=CCc1ccc(-c2cc(-c3ccc(CC=C)cc3)c3nc4c5cccc6c(-c7ccccc7)ccc(c(=O)n4c3c2)c65)cc1. The highest BCUT2D eigenvalue weighted by Crippen LogP contribution is 2.39. The van der Waals surface area contributed by atoms with Gasteiger partial charge in [-0.15, -0.1) is 13.2 Å². The lowest BCUT2D eigenvalue weighted by Crippen LogP contribution is -2.13. The quantitative estimate of drug-likeness (QED) is 0.176. The molecular formula is C42H30N2O. The van der Waals surface area contributed by atoms with Crippen molar-refractivity contribution in [1.29, 1.82) is 0 Å². The molecule has 2 aromatic heterocycles. The van der Waals surface area contributed by atoms with Crippen molar-refractivity contribution in [1.82, 2.24) is 9.38 Å². The third-order valence-electron chi connectivity index (χ3n) is 8.87. The lowest BCUT2D eigenvalue weighted by Gasteiger charge is -2.12. The van der Waals surface area contributed by atoms with Gasteiger partial charge in [0.2, 0.25) is 0 Å². The molecule has 0 aliphatic heterocycles. The molecule has 3 nitrogen and oxygen atoms in total. The van der Waals surface area contributed by atoms with Crippen molar-refractivity contribution < 1.29 is 0 Å². The third-order valence-corrected chi connectivity index (χ3v) is 8.87. The van der Waals surface area contributed by atoms with Gasteiger partial charge in [-0.05, 0) is 75.4 Å². The highest BCUT2D eigenvalue weighted by Gasteiger charge is 2.21. The highest BCUT2D eigenvalue weighted by atomic mass is 16.1. The van der Waals surface area contributed by atoms with E-state index >= 15 is 0 Å². The minimum absolute atomic E-state index is 0.0541. The van der Waals surface area contributed by atoms with Gasteiger partial charge >= 0.3 is 0 Å². The fourth-order valence-electron chi connectivity index (χ4n) is 6.70. The number of nitrogens with zero attached hydrogens (tertiary/aromatic N) is 2. The first kappa shape index (κ1) is 26.8. The second-order valence-corrected chi connectivity index (χ2v) is 11.6. The van der Waals surface area contributed by atoms with Crippen LogP contribution in [-0.2, 0) is 12.8 Å². The number of hydrogen-bond donors (Lipinski definition) is 0. The Kier molecular flexibility index (Phi) is 6.39. The van der Waals surface area contributed by atoms with E-state index in [1.807, 2.05) is 40.8 Å². The van der Waals surface area contributed by atoms with Gasteiger partial charge in [-0.2, -0.15) is 0 Å². The van der Waals surface area contributed by atoms with Gasteiger partial charge in [-0.25, -0.2) is 4.98 Å². The smallest absolute Gasteiger partial charge is 0.264 e. The molecule has 0 N–H and O–H groups in total. The molecule has 0 atom stereocenters. The molecule has 2 heterocycles. The number of hydrogen-bond acceptors (Lipinski definition) is 2. The second-order valence-electron chi connectivity index (χ2n) is 11.6. The molecule has 0 saturated carbocycles. The summed E-state index contributed by atoms with van der Waals surface area (Å²) in [5, 5.41) is 3.68. The monoisotopic (exact) mass is 578 g/mol. The van der Waals surface area contributed by atoms with Crippen LogP contribution in [0.2, 0.25) is 0 Å². The maximum atomic E-state index is 14.5. The minimum atomic E-state index is -0.0541. The van der Waals surface area contributed by atoms with E-state index in [9.17, 15) is 4.79 Å². The van der Waals surface area contributed by atoms with Gasteiger partial charge in [-0.1, -0.05) is 115 Å². The Labute approximate surface area is 261 Å². The van der Waals surface area contributed by atoms with Gasteiger partial charge in [0.15, 0.2) is 0 Å². The molecule has 0 unspecified atom stereocenters. The first-order valence-corrected chi connectivity index (χ1v) is 15.3. The molecule has 8 aromatic rings. The van der Waals surface area contributed by atoms with Crippen LogP contribution in [0.15, 0.2) is 151 Å². The molecular weight excluding hydrogens is 548 g/mol. The van der Waals surface area contributed by atoms with Crippen molar-refractivity contribution in [2.75, 3.05) is 0 Å². The Balaban J connectivity index is 1.45. The van der Waals surface area contributed by atoms with E-state index in [4.69, 9.17) is 4.98 Å². The first-order valence-electron chi connectivity index (χ1n) is 15.3. The summed E-state index contributed by atoms with van der Waals surface area (Å²) in [5.74, 6) is 0. The number of allylic oxidation sites excluding steroid dienone is 2. The summed E-state index contributed by atoms with van der Waals surface area (Å²) in [6.45, 7) is 7.77. The zero-order chi connectivity index (χ0) is 30.5. The number of rotatable bonds is 7. The van der Waals surface area contributed by atoms with Crippen LogP contribution >= 0.6 is 0 Å². The van der Waals surface area contributed by atoms with Crippen LogP contribution in [0.4, 0.5) is 0 Å². The van der Waals surface area contributed by atoms with E-state index in [0.29, 0.717) is 11.0 Å². The Hall–Kier alpha value is -5.80. The van der Waals surface area contributed by atoms with Crippen molar-refractivity contribution >= 4 is 38.2 Å². The van der Waals surface area contributed by atoms with Gasteiger partial charge in [0.25, 0.3) is 5.56 Å². The summed E-state index contributed by atoms with van der Waals surface area (Å²) in [5.41, 5.74) is 11.1. The zero-order valence-electron chi connectivity index (χ0n) is 24.8. The van der Waals surface area contributed by atoms with Crippen LogP contribution in [0.5, 0.6) is 0 Å². The standard InChI is InChI=1S/C42H30N2O/c1-3-9-27-15-19-29(20-16-27)32-25-37(31-21-17-28(10-4-2)18-22-31)40-38(26-32)44-41(43-40)35-14-8-13-34-33(30-11-6-5-7-12-30)23-24-36(39(34)35)42(44)45/h3-8,11-26H,1-2,9-10H2. The molecule has 214 valence electrons. The third kappa shape index (κ3) is 4.36. The average molecular weight is 579 g/mol. The fourth-order valence-corrected chi connectivity index (χ4v) is 6.70. The number of fused-ring (bicyclic) bond motifs is 4. The summed E-state index contributed by atoms with van der Waals surface area (Å²) in [4.78, 5) is 19.7. The topological polar surface area (TPSA) is 34.4 Å². The molecule has 45 heavy (non-hydrogen) atoms. The van der Waals surface area contributed by atoms with Crippen molar-refractivity contribution in [3.8, 4) is 33.4 Å². The molecule has 0 amide bonds. The van der Waals surface area contributed by atoms with Crippen molar-refractivity contribution in [3.05, 3.63) is 168 Å². The van der Waals surface area contributed by atoms with E-state index in [1.54, 1.807) is 0 Å². The van der Waals surface area contributed by atoms with Crippen LogP contribution in [0.3, 0.4) is 0 Å². The number of aromatic nitrogens is 2. The van der Waals surface area contributed by atoms with Crippen molar-refractivity contribution in [3.63, 3.8) is 0 Å². The lowest BCUT2D eigenvalue weighted by molar-refractivity contribution is 1.19. The Bertz CT molecular complexity index is 2450. The summed E-state index contributed by atoms with van der Waals surface area (Å²) in [6, 6.07) is 42.1. The van der Waals surface area contributed by atoms with E-state index in [1.165, 1.54) is 11.1 Å². The maximum absolute atomic E-state index is 14.5. The average Bonchev–Trinajstić information content (AvgIpc) is 3.48. The lowest BCUT2D eigenvalue weighted by atomic mass is 9.94. The minimum Gasteiger partial charge on any atom is -0.268 e. The van der Waals surface area contributed by atoms with Crippen molar-refractivity contribution in [2.45, 2.75) is 12.8 Å². The molecule has 0 aliphatic carbocycles. The van der Waals surface area contributed by atoms with E-state index in [2.05, 4.69) is 110 Å². The summed E-state index contributed by atoms with van der Waals surface area (Å²) in [6.07, 6.45) is 5.47. The second kappa shape index (κ2) is 10.7. The normalized spacial score (nSPS) is 11.6.